The maximum atomic E-state index is 8.29. The van der Waals surface area contributed by atoms with Crippen LogP contribution in [0.1, 0.15) is 16.1 Å². The Morgan fingerprint density at radius 1 is 1.55 bits per heavy atom. The average molecular weight is 164 g/mol. The summed E-state index contributed by atoms with van der Waals surface area (Å²) in [6.45, 7) is 3.95. The van der Waals surface area contributed by atoms with E-state index in [4.69, 9.17) is 5.26 Å². The van der Waals surface area contributed by atoms with Crippen LogP contribution in [0.25, 0.3) is 6.08 Å². The van der Waals surface area contributed by atoms with E-state index in [9.17, 15) is 0 Å². The molecule has 0 N–H and O–H groups in total. The van der Waals surface area contributed by atoms with Crippen molar-refractivity contribution >= 4 is 17.6 Å². The number of aromatic nitrogens is 1. The van der Waals surface area contributed by atoms with Crippen LogP contribution >= 0.6 is 11.5 Å². The highest BCUT2D eigenvalue weighted by Crippen LogP contribution is 2.17. The van der Waals surface area contributed by atoms with Gasteiger partial charge in [-0.1, -0.05) is 0 Å². The minimum atomic E-state index is 0.999. The molecule has 1 heterocycles. The van der Waals surface area contributed by atoms with E-state index in [-0.39, 0.29) is 0 Å². The summed E-state index contributed by atoms with van der Waals surface area (Å²) in [5, 5.41) is 8.29. The summed E-state index contributed by atoms with van der Waals surface area (Å²) in [6.07, 6.45) is 3.28. The van der Waals surface area contributed by atoms with Crippen molar-refractivity contribution in [2.75, 3.05) is 0 Å². The molecular formula is C8H8N2S. The highest BCUT2D eigenvalue weighted by molar-refractivity contribution is 7.06. The summed E-state index contributed by atoms with van der Waals surface area (Å²) in [5.41, 5.74) is 2.08. The Kier molecular flexibility index (Phi) is 2.40. The van der Waals surface area contributed by atoms with Crippen molar-refractivity contribution < 1.29 is 0 Å². The van der Waals surface area contributed by atoms with Crippen molar-refractivity contribution in [1.82, 2.24) is 4.37 Å². The summed E-state index contributed by atoms with van der Waals surface area (Å²) in [5.74, 6) is 0. The van der Waals surface area contributed by atoms with Crippen molar-refractivity contribution in [3.63, 3.8) is 0 Å². The van der Waals surface area contributed by atoms with Crippen LogP contribution < -0.4 is 0 Å². The largest absolute Gasteiger partial charge is 0.197 e. The van der Waals surface area contributed by atoms with Crippen molar-refractivity contribution in [3.8, 4) is 6.07 Å². The number of aryl methyl sites for hydroxylation is 2. The predicted octanol–water partition coefficient (Wildman–Crippen LogP) is 2.30. The van der Waals surface area contributed by atoms with Crippen LogP contribution in [0.3, 0.4) is 0 Å². The lowest BCUT2D eigenvalue weighted by Crippen LogP contribution is -1.75. The Labute approximate surface area is 70.0 Å². The number of rotatable bonds is 1. The fourth-order valence-corrected chi connectivity index (χ4v) is 1.53. The van der Waals surface area contributed by atoms with Crippen LogP contribution in [0, 0.1) is 25.2 Å². The van der Waals surface area contributed by atoms with Gasteiger partial charge in [0.1, 0.15) is 0 Å². The molecule has 0 atom stereocenters. The maximum Gasteiger partial charge on any atom is 0.0912 e. The first kappa shape index (κ1) is 7.96. The molecule has 1 aromatic rings. The van der Waals surface area contributed by atoms with Gasteiger partial charge in [-0.3, -0.25) is 0 Å². The SMILES string of the molecule is Cc1nsc(C)c1/C=C\C#N. The molecular weight excluding hydrogens is 156 g/mol. The highest BCUT2D eigenvalue weighted by Gasteiger charge is 2.01. The van der Waals surface area contributed by atoms with Gasteiger partial charge in [0.15, 0.2) is 0 Å². The third kappa shape index (κ3) is 1.66. The van der Waals surface area contributed by atoms with E-state index in [0.29, 0.717) is 0 Å². The monoisotopic (exact) mass is 164 g/mol. The molecule has 0 amide bonds. The summed E-state index contributed by atoms with van der Waals surface area (Å²) in [6, 6.07) is 1.96. The average Bonchev–Trinajstić information content (AvgIpc) is 2.29. The molecule has 3 heteroatoms. The molecule has 0 saturated carbocycles. The number of nitrogens with zero attached hydrogens (tertiary/aromatic N) is 2. The molecule has 0 unspecified atom stereocenters. The van der Waals surface area contributed by atoms with Gasteiger partial charge in [-0.2, -0.15) is 9.64 Å². The number of hydrogen-bond acceptors (Lipinski definition) is 3. The molecule has 0 spiro atoms. The van der Waals surface area contributed by atoms with E-state index in [2.05, 4.69) is 4.37 Å². The van der Waals surface area contributed by atoms with Gasteiger partial charge >= 0.3 is 0 Å². The third-order valence-electron chi connectivity index (χ3n) is 1.41. The first-order valence-corrected chi connectivity index (χ1v) is 4.02. The van der Waals surface area contributed by atoms with Crippen molar-refractivity contribution in [2.45, 2.75) is 13.8 Å². The normalized spacial score (nSPS) is 10.3. The van der Waals surface area contributed by atoms with Gasteiger partial charge in [-0.15, -0.1) is 0 Å². The zero-order valence-electron chi connectivity index (χ0n) is 6.46. The summed E-state index contributed by atoms with van der Waals surface area (Å²) >= 11 is 1.47. The van der Waals surface area contributed by atoms with E-state index in [1.54, 1.807) is 6.08 Å². The molecule has 0 aliphatic heterocycles. The molecule has 0 aliphatic rings. The van der Waals surface area contributed by atoms with Crippen LogP contribution in [-0.4, -0.2) is 4.37 Å². The minimum Gasteiger partial charge on any atom is -0.197 e. The Hall–Kier alpha value is -1.14. The summed E-state index contributed by atoms with van der Waals surface area (Å²) in [7, 11) is 0. The molecule has 0 fully saturated rings. The van der Waals surface area contributed by atoms with E-state index in [1.165, 1.54) is 17.6 Å². The van der Waals surface area contributed by atoms with Gasteiger partial charge in [0.05, 0.1) is 11.8 Å². The Morgan fingerprint density at radius 3 is 2.73 bits per heavy atom. The minimum absolute atomic E-state index is 0.999. The zero-order chi connectivity index (χ0) is 8.27. The molecule has 11 heavy (non-hydrogen) atoms. The van der Waals surface area contributed by atoms with Crippen molar-refractivity contribution in [3.05, 3.63) is 22.2 Å². The molecule has 0 saturated heterocycles. The van der Waals surface area contributed by atoms with Crippen molar-refractivity contribution in [2.24, 2.45) is 0 Å². The molecule has 56 valence electrons. The zero-order valence-corrected chi connectivity index (χ0v) is 7.27. The second-order valence-corrected chi connectivity index (χ2v) is 3.18. The lowest BCUT2D eigenvalue weighted by molar-refractivity contribution is 1.32. The van der Waals surface area contributed by atoms with Gasteiger partial charge in [-0.05, 0) is 31.5 Å². The van der Waals surface area contributed by atoms with Gasteiger partial charge in [-0.25, -0.2) is 0 Å². The van der Waals surface area contributed by atoms with E-state index < -0.39 is 0 Å². The Balaban J connectivity index is 3.03. The van der Waals surface area contributed by atoms with Gasteiger partial charge < -0.3 is 0 Å². The second-order valence-electron chi connectivity index (χ2n) is 2.20. The standard InChI is InChI=1S/C8H8N2S/c1-6-8(4-3-5-9)7(2)11-10-6/h3-4H,1-2H3/b4-3-. The quantitative estimate of drug-likeness (QED) is 0.597. The number of hydrogen-bond donors (Lipinski definition) is 0. The lowest BCUT2D eigenvalue weighted by Gasteiger charge is -1.87. The topological polar surface area (TPSA) is 36.7 Å². The molecule has 0 radical (unpaired) electrons. The predicted molar refractivity (Wildman–Crippen MR) is 46.2 cm³/mol. The van der Waals surface area contributed by atoms with Crippen molar-refractivity contribution in [1.29, 1.82) is 5.26 Å². The fourth-order valence-electron chi connectivity index (χ4n) is 0.849. The Morgan fingerprint density at radius 2 is 2.27 bits per heavy atom. The highest BCUT2D eigenvalue weighted by atomic mass is 32.1. The third-order valence-corrected chi connectivity index (χ3v) is 2.27. The van der Waals surface area contributed by atoms with Crippen LogP contribution in [0.2, 0.25) is 0 Å². The first-order chi connectivity index (χ1) is 5.25. The second kappa shape index (κ2) is 3.31. The summed E-state index contributed by atoms with van der Waals surface area (Å²) < 4.78 is 4.15. The van der Waals surface area contributed by atoms with Gasteiger partial charge in [0, 0.05) is 16.5 Å². The molecule has 2 nitrogen and oxygen atoms in total. The van der Waals surface area contributed by atoms with Gasteiger partial charge in [0.25, 0.3) is 0 Å². The van der Waals surface area contributed by atoms with Gasteiger partial charge in [0.2, 0.25) is 0 Å². The van der Waals surface area contributed by atoms with E-state index in [0.717, 1.165) is 16.1 Å². The summed E-state index contributed by atoms with van der Waals surface area (Å²) in [4.78, 5) is 1.16. The molecule has 0 bridgehead atoms. The molecule has 0 aromatic carbocycles. The maximum absolute atomic E-state index is 8.29. The fraction of sp³-hybridized carbons (Fsp3) is 0.250. The van der Waals surface area contributed by atoms with Crippen LogP contribution in [0.15, 0.2) is 6.08 Å². The molecule has 0 aliphatic carbocycles. The molecule has 1 rings (SSSR count). The van der Waals surface area contributed by atoms with E-state index >= 15 is 0 Å². The lowest BCUT2D eigenvalue weighted by atomic mass is 10.2. The van der Waals surface area contributed by atoms with Crippen LogP contribution in [-0.2, 0) is 0 Å². The van der Waals surface area contributed by atoms with Crippen LogP contribution in [0.5, 0.6) is 0 Å². The van der Waals surface area contributed by atoms with Crippen LogP contribution in [0.4, 0.5) is 0 Å². The number of allylic oxidation sites excluding steroid dienone is 1. The first-order valence-electron chi connectivity index (χ1n) is 3.24. The number of nitriles is 1. The Bertz CT molecular complexity index is 298. The molecule has 1 aromatic heterocycles. The van der Waals surface area contributed by atoms with E-state index in [1.807, 2.05) is 19.9 Å². The smallest absolute Gasteiger partial charge is 0.0912 e.